The zero-order valence-corrected chi connectivity index (χ0v) is 12.3. The molecule has 0 N–H and O–H groups in total. The molecule has 1 unspecified atom stereocenters. The molecule has 2 aliphatic heterocycles. The smallest absolute Gasteiger partial charge is 0.393 e. The minimum absolute atomic E-state index is 0.00129. The molecule has 1 fully saturated rings. The van der Waals surface area contributed by atoms with Gasteiger partial charge in [-0.3, -0.25) is 0 Å². The first kappa shape index (κ1) is 15.4. The van der Waals surface area contributed by atoms with Crippen LogP contribution in [0.25, 0.3) is 0 Å². The lowest BCUT2D eigenvalue weighted by Crippen LogP contribution is -2.44. The lowest BCUT2D eigenvalue weighted by molar-refractivity contribution is -0.182. The molecule has 5 nitrogen and oxygen atoms in total. The number of hydrogen-bond donors (Lipinski definition) is 0. The number of sulfonamides is 1. The first-order valence-corrected chi connectivity index (χ1v) is 8.19. The zero-order valence-electron chi connectivity index (χ0n) is 11.5. The Morgan fingerprint density at radius 1 is 1.18 bits per heavy atom. The van der Waals surface area contributed by atoms with E-state index in [0.717, 1.165) is 4.31 Å². The van der Waals surface area contributed by atoms with E-state index in [1.807, 2.05) is 0 Å². The minimum Gasteiger partial charge on any atom is -0.454 e. The minimum atomic E-state index is -4.39. The second kappa shape index (κ2) is 5.31. The predicted octanol–water partition coefficient (Wildman–Crippen LogP) is 2.38. The molecular formula is C13H14F3NO4S. The second-order valence-electron chi connectivity index (χ2n) is 5.26. The third-order valence-electron chi connectivity index (χ3n) is 3.83. The summed E-state index contributed by atoms with van der Waals surface area (Å²) in [6.45, 7) is -0.456. The van der Waals surface area contributed by atoms with Gasteiger partial charge in [0, 0.05) is 19.2 Å². The van der Waals surface area contributed by atoms with Crippen molar-refractivity contribution < 1.29 is 31.1 Å². The van der Waals surface area contributed by atoms with Crippen LogP contribution in [0.2, 0.25) is 0 Å². The number of ether oxygens (including phenoxy) is 2. The first-order chi connectivity index (χ1) is 10.3. The summed E-state index contributed by atoms with van der Waals surface area (Å²) in [4.78, 5) is -0.0837. The molecule has 1 atom stereocenters. The summed E-state index contributed by atoms with van der Waals surface area (Å²) < 4.78 is 74.6. The summed E-state index contributed by atoms with van der Waals surface area (Å²) in [6.07, 6.45) is -4.24. The molecule has 0 aliphatic carbocycles. The molecule has 0 radical (unpaired) electrons. The van der Waals surface area contributed by atoms with Crippen molar-refractivity contribution in [3.05, 3.63) is 18.2 Å². The highest BCUT2D eigenvalue weighted by Crippen LogP contribution is 2.37. The van der Waals surface area contributed by atoms with Crippen LogP contribution in [-0.2, 0) is 10.0 Å². The van der Waals surface area contributed by atoms with E-state index in [1.54, 1.807) is 0 Å². The van der Waals surface area contributed by atoms with Gasteiger partial charge >= 0.3 is 6.18 Å². The maximum atomic E-state index is 12.8. The van der Waals surface area contributed by atoms with Gasteiger partial charge in [-0.1, -0.05) is 0 Å². The Kier molecular flexibility index (Phi) is 3.72. The molecule has 0 amide bonds. The van der Waals surface area contributed by atoms with Gasteiger partial charge in [0.15, 0.2) is 11.5 Å². The van der Waals surface area contributed by atoms with Crippen molar-refractivity contribution in [1.29, 1.82) is 0 Å². The average Bonchev–Trinajstić information content (AvgIpc) is 2.94. The van der Waals surface area contributed by atoms with E-state index in [2.05, 4.69) is 0 Å². The van der Waals surface area contributed by atoms with Crippen molar-refractivity contribution >= 4 is 10.0 Å². The molecule has 1 aromatic rings. The molecule has 1 aromatic carbocycles. The molecule has 122 valence electrons. The maximum absolute atomic E-state index is 12.8. The molecular weight excluding hydrogens is 323 g/mol. The van der Waals surface area contributed by atoms with Crippen LogP contribution in [0.1, 0.15) is 12.8 Å². The molecule has 0 aromatic heterocycles. The fourth-order valence-electron chi connectivity index (χ4n) is 2.61. The van der Waals surface area contributed by atoms with Crippen LogP contribution < -0.4 is 9.47 Å². The summed E-state index contributed by atoms with van der Waals surface area (Å²) in [5, 5.41) is 0. The Hall–Kier alpha value is -1.48. The van der Waals surface area contributed by atoms with Crippen molar-refractivity contribution in [3.63, 3.8) is 0 Å². The van der Waals surface area contributed by atoms with Gasteiger partial charge < -0.3 is 9.47 Å². The highest BCUT2D eigenvalue weighted by Gasteiger charge is 2.44. The van der Waals surface area contributed by atoms with Crippen LogP contribution in [0.4, 0.5) is 13.2 Å². The Morgan fingerprint density at radius 3 is 2.64 bits per heavy atom. The van der Waals surface area contributed by atoms with Crippen LogP contribution in [0, 0.1) is 5.92 Å². The van der Waals surface area contributed by atoms with E-state index >= 15 is 0 Å². The van der Waals surface area contributed by atoms with Gasteiger partial charge in [-0.15, -0.1) is 0 Å². The van der Waals surface area contributed by atoms with Crippen molar-refractivity contribution in [2.75, 3.05) is 19.9 Å². The van der Waals surface area contributed by atoms with Crippen LogP contribution in [-0.4, -0.2) is 38.8 Å². The van der Waals surface area contributed by atoms with E-state index in [1.165, 1.54) is 18.2 Å². The standard InChI is InChI=1S/C13H14F3NO4S/c14-13(15,16)9-2-1-5-17(7-9)22(18,19)10-3-4-11-12(6-10)21-8-20-11/h3-4,6,9H,1-2,5,7-8H2. The predicted molar refractivity (Wildman–Crippen MR) is 70.1 cm³/mol. The van der Waals surface area contributed by atoms with Crippen LogP contribution >= 0.6 is 0 Å². The SMILES string of the molecule is O=S(=O)(c1ccc2c(c1)OCO2)N1CCCC(C(F)(F)F)C1. The number of rotatable bonds is 2. The summed E-state index contributed by atoms with van der Waals surface area (Å²) in [7, 11) is -3.98. The number of hydrogen-bond acceptors (Lipinski definition) is 4. The zero-order chi connectivity index (χ0) is 16.0. The fourth-order valence-corrected chi connectivity index (χ4v) is 4.15. The molecule has 22 heavy (non-hydrogen) atoms. The average molecular weight is 337 g/mol. The van der Waals surface area contributed by atoms with E-state index < -0.39 is 28.7 Å². The molecule has 3 rings (SSSR count). The van der Waals surface area contributed by atoms with Crippen molar-refractivity contribution in [3.8, 4) is 11.5 Å². The summed E-state index contributed by atoms with van der Waals surface area (Å²) >= 11 is 0. The normalized spacial score (nSPS) is 22.8. The number of halogens is 3. The quantitative estimate of drug-likeness (QED) is 0.831. The van der Waals surface area contributed by atoms with Gasteiger partial charge in [-0.2, -0.15) is 17.5 Å². The Balaban J connectivity index is 1.86. The van der Waals surface area contributed by atoms with Crippen LogP contribution in [0.15, 0.2) is 23.1 Å². The van der Waals surface area contributed by atoms with Crippen LogP contribution in [0.5, 0.6) is 11.5 Å². The van der Waals surface area contributed by atoms with Gasteiger partial charge in [-0.05, 0) is 25.0 Å². The lowest BCUT2D eigenvalue weighted by atomic mass is 9.99. The third-order valence-corrected chi connectivity index (χ3v) is 5.69. The van der Waals surface area contributed by atoms with E-state index in [0.29, 0.717) is 5.75 Å². The Bertz CT molecular complexity index is 674. The van der Waals surface area contributed by atoms with Gasteiger partial charge in [-0.25, -0.2) is 8.42 Å². The molecule has 9 heteroatoms. The van der Waals surface area contributed by atoms with Crippen molar-refractivity contribution in [2.45, 2.75) is 23.9 Å². The van der Waals surface area contributed by atoms with Crippen LogP contribution in [0.3, 0.4) is 0 Å². The van der Waals surface area contributed by atoms with Gasteiger partial charge in [0.1, 0.15) is 0 Å². The summed E-state index contributed by atoms with van der Waals surface area (Å²) in [5.41, 5.74) is 0. The number of nitrogens with zero attached hydrogens (tertiary/aromatic N) is 1. The molecule has 1 saturated heterocycles. The summed E-state index contributed by atoms with van der Waals surface area (Å²) in [5.74, 6) is -0.916. The molecule has 0 saturated carbocycles. The molecule has 2 heterocycles. The molecule has 0 spiro atoms. The third kappa shape index (κ3) is 2.74. The number of piperidine rings is 1. The van der Waals surface area contributed by atoms with Crippen molar-refractivity contribution in [1.82, 2.24) is 4.31 Å². The molecule has 2 aliphatic rings. The number of benzene rings is 1. The van der Waals surface area contributed by atoms with E-state index in [-0.39, 0.29) is 36.8 Å². The topological polar surface area (TPSA) is 55.8 Å². The first-order valence-electron chi connectivity index (χ1n) is 6.75. The Morgan fingerprint density at radius 2 is 1.91 bits per heavy atom. The van der Waals surface area contributed by atoms with Gasteiger partial charge in [0.25, 0.3) is 0 Å². The van der Waals surface area contributed by atoms with Gasteiger partial charge in [0.05, 0.1) is 10.8 Å². The van der Waals surface area contributed by atoms with Gasteiger partial charge in [0.2, 0.25) is 16.8 Å². The maximum Gasteiger partial charge on any atom is 0.393 e. The Labute approximate surface area is 125 Å². The van der Waals surface area contributed by atoms with E-state index in [9.17, 15) is 21.6 Å². The largest absolute Gasteiger partial charge is 0.454 e. The fraction of sp³-hybridized carbons (Fsp3) is 0.538. The van der Waals surface area contributed by atoms with E-state index in [4.69, 9.17) is 9.47 Å². The lowest BCUT2D eigenvalue weighted by Gasteiger charge is -2.32. The molecule has 0 bridgehead atoms. The number of alkyl halides is 3. The summed E-state index contributed by atoms with van der Waals surface area (Å²) in [6, 6.07) is 4.05. The second-order valence-corrected chi connectivity index (χ2v) is 7.20. The monoisotopic (exact) mass is 337 g/mol. The van der Waals surface area contributed by atoms with Crippen molar-refractivity contribution in [2.24, 2.45) is 5.92 Å². The highest BCUT2D eigenvalue weighted by molar-refractivity contribution is 7.89. The number of fused-ring (bicyclic) bond motifs is 1. The highest BCUT2D eigenvalue weighted by atomic mass is 32.2.